The van der Waals surface area contributed by atoms with Gasteiger partial charge in [-0.2, -0.15) is 5.10 Å². The highest BCUT2D eigenvalue weighted by Gasteiger charge is 2.31. The lowest BCUT2D eigenvalue weighted by molar-refractivity contribution is -0.130. The molecule has 3 aromatic carbocycles. The van der Waals surface area contributed by atoms with Gasteiger partial charge in [0.25, 0.3) is 10.0 Å². The molecule has 1 atom stereocenters. The van der Waals surface area contributed by atoms with Crippen LogP contribution in [0.3, 0.4) is 0 Å². The zero-order chi connectivity index (χ0) is 22.0. The van der Waals surface area contributed by atoms with Crippen molar-refractivity contribution in [1.82, 2.24) is 5.01 Å². The van der Waals surface area contributed by atoms with Gasteiger partial charge in [0.05, 0.1) is 16.6 Å². The number of carbonyl (C=O) groups is 1. The van der Waals surface area contributed by atoms with Gasteiger partial charge in [0.2, 0.25) is 5.91 Å². The van der Waals surface area contributed by atoms with Crippen LogP contribution in [0.25, 0.3) is 0 Å². The summed E-state index contributed by atoms with van der Waals surface area (Å²) in [6.07, 6.45) is 0.484. The van der Waals surface area contributed by atoms with Crippen molar-refractivity contribution in [1.29, 1.82) is 0 Å². The number of sulfonamides is 1. The Balaban J connectivity index is 1.55. The molecule has 0 aromatic heterocycles. The van der Waals surface area contributed by atoms with E-state index in [4.69, 9.17) is 0 Å². The first-order valence-corrected chi connectivity index (χ1v) is 11.2. The maximum absolute atomic E-state index is 12.5. The van der Waals surface area contributed by atoms with Crippen LogP contribution in [0, 0.1) is 0 Å². The monoisotopic (exact) mass is 435 g/mol. The van der Waals surface area contributed by atoms with Gasteiger partial charge >= 0.3 is 0 Å². The van der Waals surface area contributed by atoms with Crippen LogP contribution in [-0.2, 0) is 14.8 Å². The third kappa shape index (κ3) is 4.44. The molecule has 0 spiro atoms. The first-order valence-electron chi connectivity index (χ1n) is 9.68. The van der Waals surface area contributed by atoms with E-state index in [0.717, 1.165) is 11.1 Å². The van der Waals surface area contributed by atoms with Crippen molar-refractivity contribution in [2.45, 2.75) is 24.3 Å². The second-order valence-electron chi connectivity index (χ2n) is 7.22. The summed E-state index contributed by atoms with van der Waals surface area (Å²) < 4.78 is 27.5. The maximum Gasteiger partial charge on any atom is 0.261 e. The van der Waals surface area contributed by atoms with Gasteiger partial charge in [0.15, 0.2) is 0 Å². The molecule has 1 aliphatic rings. The summed E-state index contributed by atoms with van der Waals surface area (Å²) >= 11 is 0. The Morgan fingerprint density at radius 2 is 1.74 bits per heavy atom. The van der Waals surface area contributed by atoms with Crippen LogP contribution >= 0.6 is 0 Å². The minimum absolute atomic E-state index is 0.129. The number of aromatic hydroxyl groups is 1. The van der Waals surface area contributed by atoms with E-state index in [2.05, 4.69) is 9.82 Å². The van der Waals surface area contributed by atoms with Gasteiger partial charge in [-0.1, -0.05) is 42.5 Å². The SMILES string of the molecule is CC(=O)N1N=C(c2ccc(NS(=O)(=O)c3ccccc3)cc2)CC1c1cccc(O)c1. The van der Waals surface area contributed by atoms with E-state index < -0.39 is 10.0 Å². The van der Waals surface area contributed by atoms with Crippen molar-refractivity contribution in [3.05, 3.63) is 90.0 Å². The van der Waals surface area contributed by atoms with Crippen molar-refractivity contribution in [2.75, 3.05) is 4.72 Å². The number of phenolic OH excluding ortho intramolecular Hbond substituents is 1. The standard InChI is InChI=1S/C23H21N3O4S/c1-16(27)26-23(18-6-5-7-20(28)14-18)15-22(24-26)17-10-12-19(13-11-17)25-31(29,30)21-8-3-2-4-9-21/h2-14,23,25,28H,15H2,1H3. The average molecular weight is 436 g/mol. The van der Waals surface area contributed by atoms with Gasteiger partial charge in [0.1, 0.15) is 5.75 Å². The van der Waals surface area contributed by atoms with E-state index >= 15 is 0 Å². The summed E-state index contributed by atoms with van der Waals surface area (Å²) in [5.74, 6) is -0.0694. The van der Waals surface area contributed by atoms with Crippen LogP contribution in [0.2, 0.25) is 0 Å². The lowest BCUT2D eigenvalue weighted by atomic mass is 9.98. The molecule has 1 unspecified atom stereocenters. The lowest BCUT2D eigenvalue weighted by Crippen LogP contribution is -2.24. The van der Waals surface area contributed by atoms with E-state index in [-0.39, 0.29) is 22.6 Å². The maximum atomic E-state index is 12.5. The van der Waals surface area contributed by atoms with Gasteiger partial charge in [-0.25, -0.2) is 13.4 Å². The molecule has 8 heteroatoms. The second kappa shape index (κ2) is 8.23. The van der Waals surface area contributed by atoms with E-state index in [0.29, 0.717) is 17.8 Å². The summed E-state index contributed by atoms with van der Waals surface area (Å²) in [7, 11) is -3.67. The van der Waals surface area contributed by atoms with E-state index in [1.54, 1.807) is 60.7 Å². The first-order chi connectivity index (χ1) is 14.8. The quantitative estimate of drug-likeness (QED) is 0.635. The van der Waals surface area contributed by atoms with Gasteiger partial charge in [-0.05, 0) is 47.5 Å². The highest BCUT2D eigenvalue weighted by atomic mass is 32.2. The van der Waals surface area contributed by atoms with Crippen molar-refractivity contribution in [3.8, 4) is 5.75 Å². The fraction of sp³-hybridized carbons (Fsp3) is 0.130. The number of phenols is 1. The first kappa shape index (κ1) is 20.6. The zero-order valence-electron chi connectivity index (χ0n) is 16.8. The molecule has 2 N–H and O–H groups in total. The van der Waals surface area contributed by atoms with Crippen molar-refractivity contribution in [3.63, 3.8) is 0 Å². The van der Waals surface area contributed by atoms with E-state index in [1.807, 2.05) is 6.07 Å². The van der Waals surface area contributed by atoms with Gasteiger partial charge in [-0.15, -0.1) is 0 Å². The Morgan fingerprint density at radius 3 is 2.39 bits per heavy atom. The molecule has 1 heterocycles. The molecule has 0 bridgehead atoms. The average Bonchev–Trinajstić information content (AvgIpc) is 3.21. The number of nitrogens with zero attached hydrogens (tertiary/aromatic N) is 2. The van der Waals surface area contributed by atoms with Crippen LogP contribution in [0.4, 0.5) is 5.69 Å². The smallest absolute Gasteiger partial charge is 0.261 e. The Labute approximate surface area is 180 Å². The highest BCUT2D eigenvalue weighted by molar-refractivity contribution is 7.92. The summed E-state index contributed by atoms with van der Waals surface area (Å²) in [6.45, 7) is 1.45. The largest absolute Gasteiger partial charge is 0.508 e. The summed E-state index contributed by atoms with van der Waals surface area (Å²) in [5.41, 5.74) is 2.72. The number of carbonyl (C=O) groups excluding carboxylic acids is 1. The number of hydrazone groups is 1. The minimum Gasteiger partial charge on any atom is -0.508 e. The summed E-state index contributed by atoms with van der Waals surface area (Å²) in [5, 5.41) is 15.7. The molecule has 4 rings (SSSR count). The lowest BCUT2D eigenvalue weighted by Gasteiger charge is -2.20. The number of anilines is 1. The van der Waals surface area contributed by atoms with Crippen LogP contribution in [0.15, 0.2) is 88.9 Å². The number of hydrogen-bond acceptors (Lipinski definition) is 5. The number of amides is 1. The van der Waals surface area contributed by atoms with Gasteiger partial charge < -0.3 is 5.11 Å². The molecule has 7 nitrogen and oxygen atoms in total. The predicted octanol–water partition coefficient (Wildman–Crippen LogP) is 3.89. The van der Waals surface area contributed by atoms with Gasteiger partial charge in [0, 0.05) is 19.0 Å². The summed E-state index contributed by atoms with van der Waals surface area (Å²) in [4.78, 5) is 12.3. The Morgan fingerprint density at radius 1 is 1.03 bits per heavy atom. The van der Waals surface area contributed by atoms with E-state index in [1.165, 1.54) is 24.1 Å². The molecule has 0 aliphatic carbocycles. The molecule has 0 saturated heterocycles. The Bertz CT molecular complexity index is 1240. The molecule has 1 aliphatic heterocycles. The topological polar surface area (TPSA) is 99.1 Å². The predicted molar refractivity (Wildman–Crippen MR) is 118 cm³/mol. The third-order valence-electron chi connectivity index (χ3n) is 5.01. The second-order valence-corrected chi connectivity index (χ2v) is 8.90. The molecule has 31 heavy (non-hydrogen) atoms. The Hall–Kier alpha value is -3.65. The molecule has 3 aromatic rings. The number of hydrogen-bond donors (Lipinski definition) is 2. The fourth-order valence-electron chi connectivity index (χ4n) is 3.51. The van der Waals surface area contributed by atoms with Gasteiger partial charge in [-0.3, -0.25) is 9.52 Å². The number of nitrogens with one attached hydrogen (secondary N) is 1. The molecular weight excluding hydrogens is 414 g/mol. The number of benzene rings is 3. The normalized spacial score (nSPS) is 16.1. The van der Waals surface area contributed by atoms with E-state index in [9.17, 15) is 18.3 Å². The molecular formula is C23H21N3O4S. The van der Waals surface area contributed by atoms with Crippen molar-refractivity contribution >= 4 is 27.3 Å². The van der Waals surface area contributed by atoms with Crippen LogP contribution in [0.1, 0.15) is 30.5 Å². The van der Waals surface area contributed by atoms with Crippen molar-refractivity contribution < 1.29 is 18.3 Å². The van der Waals surface area contributed by atoms with Crippen molar-refractivity contribution in [2.24, 2.45) is 5.10 Å². The minimum atomic E-state index is -3.67. The molecule has 1 amide bonds. The molecule has 0 saturated carbocycles. The van der Waals surface area contributed by atoms with Crippen LogP contribution in [-0.4, -0.2) is 30.2 Å². The summed E-state index contributed by atoms with van der Waals surface area (Å²) in [6, 6.07) is 21.5. The molecule has 0 fully saturated rings. The number of rotatable bonds is 5. The highest BCUT2D eigenvalue weighted by Crippen LogP contribution is 2.34. The van der Waals surface area contributed by atoms with Crippen LogP contribution < -0.4 is 4.72 Å². The Kier molecular flexibility index (Phi) is 5.48. The molecule has 158 valence electrons. The van der Waals surface area contributed by atoms with Crippen LogP contribution in [0.5, 0.6) is 5.75 Å². The molecule has 0 radical (unpaired) electrons. The zero-order valence-corrected chi connectivity index (χ0v) is 17.6. The third-order valence-corrected chi connectivity index (χ3v) is 6.41. The fourth-order valence-corrected chi connectivity index (χ4v) is 4.59.